The topological polar surface area (TPSA) is 66.2 Å². The quantitative estimate of drug-likeness (QED) is 0.224. The first kappa shape index (κ1) is 24.7. The van der Waals surface area contributed by atoms with Gasteiger partial charge in [-0.3, -0.25) is 5.10 Å². The molecule has 2 aromatic heterocycles. The van der Waals surface area contributed by atoms with Crippen LogP contribution in [0.5, 0.6) is 11.5 Å². The monoisotopic (exact) mass is 520 g/mol. The van der Waals surface area contributed by atoms with Gasteiger partial charge in [-0.15, -0.1) is 0 Å². The second-order valence-corrected chi connectivity index (χ2v) is 9.84. The van der Waals surface area contributed by atoms with Crippen molar-refractivity contribution in [2.75, 3.05) is 34.4 Å². The molecule has 0 aliphatic carbocycles. The van der Waals surface area contributed by atoms with Gasteiger partial charge in [0.1, 0.15) is 29.6 Å². The Balaban J connectivity index is 1.40. The predicted molar refractivity (Wildman–Crippen MR) is 155 cm³/mol. The molecule has 4 aromatic carbocycles. The lowest BCUT2D eigenvalue weighted by atomic mass is 10.0. The molecule has 0 saturated heterocycles. The van der Waals surface area contributed by atoms with Crippen LogP contribution < -0.4 is 9.47 Å². The van der Waals surface area contributed by atoms with E-state index in [1.54, 1.807) is 13.2 Å². The number of ether oxygens (including phenoxy) is 2. The molecular formula is C32H29FN4O2. The molecule has 0 unspecified atom stereocenters. The fourth-order valence-corrected chi connectivity index (χ4v) is 4.88. The summed E-state index contributed by atoms with van der Waals surface area (Å²) in [7, 11) is 5.63. The molecule has 6 rings (SSSR count). The standard InChI is InChI=1S/C32H29FN4O2/c1-37(2)12-13-39-25-16-22(14-23(33)18-25)26-8-5-9-29-27(26)19-31(34-29)32-28-17-21(10-11-30(28)35-36-32)20-6-4-7-24(15-20)38-3/h4-11,14-19,34H,12-13H2,1-3H3,(H,35,36). The van der Waals surface area contributed by atoms with Crippen LogP contribution in [0.25, 0.3) is 55.4 Å². The van der Waals surface area contributed by atoms with Gasteiger partial charge in [-0.1, -0.05) is 30.3 Å². The number of methoxy groups -OCH3 is 1. The van der Waals surface area contributed by atoms with Gasteiger partial charge in [0, 0.05) is 28.9 Å². The average Bonchev–Trinajstić information content (AvgIpc) is 3.56. The summed E-state index contributed by atoms with van der Waals surface area (Å²) in [6, 6.07) is 27.2. The van der Waals surface area contributed by atoms with E-state index < -0.39 is 0 Å². The number of nitrogens with zero attached hydrogens (tertiary/aromatic N) is 2. The van der Waals surface area contributed by atoms with E-state index in [1.165, 1.54) is 6.07 Å². The van der Waals surface area contributed by atoms with Crippen molar-refractivity contribution >= 4 is 21.8 Å². The number of rotatable bonds is 8. The van der Waals surface area contributed by atoms with Crippen LogP contribution in [0.1, 0.15) is 0 Å². The maximum Gasteiger partial charge on any atom is 0.127 e. The van der Waals surface area contributed by atoms with Crippen molar-refractivity contribution in [3.8, 4) is 45.1 Å². The van der Waals surface area contributed by atoms with Crippen LogP contribution in [-0.4, -0.2) is 54.4 Å². The number of aromatic amines is 2. The number of H-pyrrole nitrogens is 2. The first-order chi connectivity index (χ1) is 19.0. The minimum atomic E-state index is -0.330. The third kappa shape index (κ3) is 4.96. The largest absolute Gasteiger partial charge is 0.497 e. The molecule has 2 heterocycles. The zero-order chi connectivity index (χ0) is 26.9. The highest BCUT2D eigenvalue weighted by molar-refractivity contribution is 6.02. The van der Waals surface area contributed by atoms with Crippen LogP contribution in [-0.2, 0) is 0 Å². The number of aromatic nitrogens is 3. The fourth-order valence-electron chi connectivity index (χ4n) is 4.88. The normalized spacial score (nSPS) is 11.5. The SMILES string of the molecule is COc1cccc(-c2ccc3[nH]nc(-c4cc5c(-c6cc(F)cc(OCCN(C)C)c6)cccc5[nH]4)c3c2)c1. The first-order valence-corrected chi connectivity index (χ1v) is 12.8. The van der Waals surface area contributed by atoms with E-state index in [0.29, 0.717) is 12.4 Å². The zero-order valence-corrected chi connectivity index (χ0v) is 22.1. The Morgan fingerprint density at radius 2 is 1.62 bits per heavy atom. The highest BCUT2D eigenvalue weighted by Gasteiger charge is 2.15. The molecule has 0 radical (unpaired) electrons. The van der Waals surface area contributed by atoms with E-state index in [2.05, 4.69) is 39.4 Å². The number of nitrogens with one attached hydrogen (secondary N) is 2. The molecule has 6 aromatic rings. The van der Waals surface area contributed by atoms with Crippen molar-refractivity contribution in [3.63, 3.8) is 0 Å². The van der Waals surface area contributed by atoms with Gasteiger partial charge in [-0.05, 0) is 84.9 Å². The molecule has 0 aliphatic heterocycles. The molecule has 7 heteroatoms. The van der Waals surface area contributed by atoms with Crippen LogP contribution in [0.3, 0.4) is 0 Å². The molecule has 196 valence electrons. The molecule has 0 atom stereocenters. The first-order valence-electron chi connectivity index (χ1n) is 12.8. The second kappa shape index (κ2) is 10.3. The van der Waals surface area contributed by atoms with Crippen molar-refractivity contribution in [1.29, 1.82) is 0 Å². The Bertz CT molecular complexity index is 1790. The smallest absolute Gasteiger partial charge is 0.127 e. The molecule has 39 heavy (non-hydrogen) atoms. The van der Waals surface area contributed by atoms with Crippen LogP contribution >= 0.6 is 0 Å². The van der Waals surface area contributed by atoms with Gasteiger partial charge < -0.3 is 19.4 Å². The molecule has 0 saturated carbocycles. The third-order valence-electron chi connectivity index (χ3n) is 6.87. The number of hydrogen-bond donors (Lipinski definition) is 2. The molecule has 6 nitrogen and oxygen atoms in total. The van der Waals surface area contributed by atoms with Gasteiger partial charge in [0.05, 0.1) is 18.3 Å². The number of hydrogen-bond acceptors (Lipinski definition) is 4. The van der Waals surface area contributed by atoms with Crippen molar-refractivity contribution < 1.29 is 13.9 Å². The van der Waals surface area contributed by atoms with Crippen molar-refractivity contribution in [3.05, 3.63) is 90.7 Å². The maximum atomic E-state index is 14.6. The molecule has 0 bridgehead atoms. The van der Waals surface area contributed by atoms with Crippen LogP contribution in [0.2, 0.25) is 0 Å². The number of benzene rings is 4. The predicted octanol–water partition coefficient (Wildman–Crippen LogP) is 7.13. The fraction of sp³-hybridized carbons (Fsp3) is 0.156. The van der Waals surface area contributed by atoms with Crippen LogP contribution in [0.15, 0.2) is 84.9 Å². The molecule has 2 N–H and O–H groups in total. The Labute approximate surface area is 226 Å². The summed E-state index contributed by atoms with van der Waals surface area (Å²) in [6.07, 6.45) is 0. The molecule has 0 fully saturated rings. The average molecular weight is 521 g/mol. The Morgan fingerprint density at radius 1 is 0.795 bits per heavy atom. The summed E-state index contributed by atoms with van der Waals surface area (Å²) in [4.78, 5) is 5.55. The van der Waals surface area contributed by atoms with Crippen molar-refractivity contribution in [1.82, 2.24) is 20.1 Å². The van der Waals surface area contributed by atoms with E-state index in [0.717, 1.165) is 67.7 Å². The van der Waals surface area contributed by atoms with Gasteiger partial charge >= 0.3 is 0 Å². The van der Waals surface area contributed by atoms with Gasteiger partial charge in [-0.25, -0.2) is 4.39 Å². The van der Waals surface area contributed by atoms with E-state index in [1.807, 2.05) is 67.5 Å². The van der Waals surface area contributed by atoms with E-state index in [-0.39, 0.29) is 5.82 Å². The summed E-state index contributed by atoms with van der Waals surface area (Å²) in [5.41, 5.74) is 7.41. The van der Waals surface area contributed by atoms with Crippen LogP contribution in [0, 0.1) is 5.82 Å². The highest BCUT2D eigenvalue weighted by Crippen LogP contribution is 2.36. The highest BCUT2D eigenvalue weighted by atomic mass is 19.1. The lowest BCUT2D eigenvalue weighted by molar-refractivity contribution is 0.260. The molecule has 0 amide bonds. The zero-order valence-electron chi connectivity index (χ0n) is 22.1. The molecular weight excluding hydrogens is 491 g/mol. The van der Waals surface area contributed by atoms with Crippen molar-refractivity contribution in [2.24, 2.45) is 0 Å². The third-order valence-corrected chi connectivity index (χ3v) is 6.87. The lowest BCUT2D eigenvalue weighted by Crippen LogP contribution is -2.19. The van der Waals surface area contributed by atoms with E-state index in [9.17, 15) is 4.39 Å². The van der Waals surface area contributed by atoms with E-state index in [4.69, 9.17) is 9.47 Å². The van der Waals surface area contributed by atoms with Crippen LogP contribution in [0.4, 0.5) is 4.39 Å². The number of likely N-dealkylation sites (N-methyl/N-ethyl adjacent to an activating group) is 1. The minimum Gasteiger partial charge on any atom is -0.497 e. The van der Waals surface area contributed by atoms with Gasteiger partial charge in [-0.2, -0.15) is 5.10 Å². The molecule has 0 aliphatic rings. The van der Waals surface area contributed by atoms with Gasteiger partial charge in [0.15, 0.2) is 0 Å². The summed E-state index contributed by atoms with van der Waals surface area (Å²) in [5.74, 6) is 0.998. The number of halogens is 1. The maximum absolute atomic E-state index is 14.6. The Kier molecular flexibility index (Phi) is 6.50. The van der Waals surface area contributed by atoms with Crippen molar-refractivity contribution in [2.45, 2.75) is 0 Å². The Hall–Kier alpha value is -4.62. The lowest BCUT2D eigenvalue weighted by Gasteiger charge is -2.12. The van der Waals surface area contributed by atoms with Gasteiger partial charge in [0.25, 0.3) is 0 Å². The Morgan fingerprint density at radius 3 is 2.46 bits per heavy atom. The van der Waals surface area contributed by atoms with Gasteiger partial charge in [0.2, 0.25) is 0 Å². The minimum absolute atomic E-state index is 0.330. The summed E-state index contributed by atoms with van der Waals surface area (Å²) in [5, 5.41) is 9.79. The summed E-state index contributed by atoms with van der Waals surface area (Å²) in [6.45, 7) is 1.23. The number of fused-ring (bicyclic) bond motifs is 2. The second-order valence-electron chi connectivity index (χ2n) is 9.84. The summed E-state index contributed by atoms with van der Waals surface area (Å²) < 4.78 is 25.9. The molecule has 0 spiro atoms. The van der Waals surface area contributed by atoms with E-state index >= 15 is 0 Å². The summed E-state index contributed by atoms with van der Waals surface area (Å²) >= 11 is 0.